The van der Waals surface area contributed by atoms with Crippen molar-refractivity contribution >= 4 is 17.6 Å². The third-order valence-corrected chi connectivity index (χ3v) is 3.80. The first-order valence-corrected chi connectivity index (χ1v) is 7.50. The van der Waals surface area contributed by atoms with Gasteiger partial charge in [0.1, 0.15) is 5.75 Å². The number of hydrogen-bond donors (Lipinski definition) is 2. The molecule has 5 nitrogen and oxygen atoms in total. The molecule has 2 N–H and O–H groups in total. The van der Waals surface area contributed by atoms with Crippen LogP contribution >= 0.6 is 0 Å². The summed E-state index contributed by atoms with van der Waals surface area (Å²) in [6, 6.07) is 2.96. The van der Waals surface area contributed by atoms with Gasteiger partial charge in [-0.15, -0.1) is 0 Å². The van der Waals surface area contributed by atoms with E-state index in [1.807, 2.05) is 0 Å². The second-order valence-electron chi connectivity index (χ2n) is 6.03. The van der Waals surface area contributed by atoms with E-state index in [0.29, 0.717) is 12.8 Å². The number of ether oxygens (including phenoxy) is 1. The maximum absolute atomic E-state index is 13.0. The Morgan fingerprint density at radius 3 is 2.29 bits per heavy atom. The molecule has 0 unspecified atom stereocenters. The number of amides is 1. The molecule has 24 heavy (non-hydrogen) atoms. The summed E-state index contributed by atoms with van der Waals surface area (Å²) >= 11 is 0. The van der Waals surface area contributed by atoms with Crippen molar-refractivity contribution in [3.63, 3.8) is 0 Å². The zero-order valence-corrected chi connectivity index (χ0v) is 13.2. The Morgan fingerprint density at radius 1 is 1.21 bits per heavy atom. The van der Waals surface area contributed by atoms with Gasteiger partial charge in [0.25, 0.3) is 0 Å². The van der Waals surface area contributed by atoms with Crippen LogP contribution in [0.1, 0.15) is 32.3 Å². The van der Waals surface area contributed by atoms with E-state index in [2.05, 4.69) is 5.32 Å². The molecule has 0 bridgehead atoms. The maximum atomic E-state index is 13.0. The summed E-state index contributed by atoms with van der Waals surface area (Å²) in [7, 11) is 0. The summed E-state index contributed by atoms with van der Waals surface area (Å²) in [5.41, 5.74) is -1.01. The number of rotatable bonds is 5. The van der Waals surface area contributed by atoms with Crippen LogP contribution in [0.25, 0.3) is 0 Å². The lowest BCUT2D eigenvalue weighted by Gasteiger charge is -2.32. The summed E-state index contributed by atoms with van der Waals surface area (Å²) < 4.78 is 44.2. The highest BCUT2D eigenvalue weighted by Gasteiger charge is 2.41. The Kier molecular flexibility index (Phi) is 5.05. The molecule has 1 aromatic carbocycles. The molecule has 132 valence electrons. The van der Waals surface area contributed by atoms with Gasteiger partial charge in [0.2, 0.25) is 5.91 Å². The summed E-state index contributed by atoms with van der Waals surface area (Å²) in [4.78, 5) is 23.1. The average Bonchev–Trinajstić information content (AvgIpc) is 2.33. The van der Waals surface area contributed by atoms with E-state index in [9.17, 15) is 22.8 Å². The molecule has 1 fully saturated rings. The van der Waals surface area contributed by atoms with E-state index in [-0.39, 0.29) is 17.5 Å². The van der Waals surface area contributed by atoms with E-state index in [1.54, 1.807) is 13.8 Å². The van der Waals surface area contributed by atoms with Gasteiger partial charge < -0.3 is 15.2 Å². The van der Waals surface area contributed by atoms with Crippen LogP contribution in [-0.2, 0) is 15.8 Å². The molecule has 1 amide bonds. The minimum Gasteiger partial charge on any atom is -0.491 e. The lowest BCUT2D eigenvalue weighted by atomic mass is 9.73. The Balaban J connectivity index is 2.22. The molecule has 0 spiro atoms. The van der Waals surface area contributed by atoms with Crippen LogP contribution in [0.5, 0.6) is 5.75 Å². The predicted octanol–water partition coefficient (Wildman–Crippen LogP) is 3.54. The maximum Gasteiger partial charge on any atom is 0.416 e. The minimum absolute atomic E-state index is 0.0153. The molecular formula is C16H18F3NO4. The highest BCUT2D eigenvalue weighted by Crippen LogP contribution is 2.37. The van der Waals surface area contributed by atoms with Crippen LogP contribution < -0.4 is 10.1 Å². The normalized spacial score (nSPS) is 20.4. The molecule has 1 aliphatic rings. The molecule has 1 aliphatic carbocycles. The van der Waals surface area contributed by atoms with Gasteiger partial charge in [0, 0.05) is 11.8 Å². The van der Waals surface area contributed by atoms with Gasteiger partial charge in [-0.25, -0.2) is 0 Å². The van der Waals surface area contributed by atoms with E-state index >= 15 is 0 Å². The monoisotopic (exact) mass is 345 g/mol. The van der Waals surface area contributed by atoms with Crippen molar-refractivity contribution in [1.29, 1.82) is 0 Å². The first kappa shape index (κ1) is 18.1. The van der Waals surface area contributed by atoms with Gasteiger partial charge >= 0.3 is 12.1 Å². The van der Waals surface area contributed by atoms with Gasteiger partial charge in [0.05, 0.1) is 23.5 Å². The Hall–Kier alpha value is -2.25. The Bertz CT molecular complexity index is 643. The highest BCUT2D eigenvalue weighted by molar-refractivity contribution is 5.96. The molecular weight excluding hydrogens is 327 g/mol. The van der Waals surface area contributed by atoms with Crippen LogP contribution in [0.3, 0.4) is 0 Å². The van der Waals surface area contributed by atoms with Gasteiger partial charge in [-0.1, -0.05) is 0 Å². The zero-order chi connectivity index (χ0) is 18.1. The van der Waals surface area contributed by atoms with E-state index in [1.165, 1.54) is 6.07 Å². The molecule has 1 saturated carbocycles. The van der Waals surface area contributed by atoms with Crippen molar-refractivity contribution in [1.82, 2.24) is 0 Å². The van der Waals surface area contributed by atoms with Crippen molar-refractivity contribution in [3.8, 4) is 5.75 Å². The summed E-state index contributed by atoms with van der Waals surface area (Å²) in [6.07, 6.45) is -4.13. The number of hydrogen-bond acceptors (Lipinski definition) is 3. The Labute approximate surface area is 136 Å². The summed E-state index contributed by atoms with van der Waals surface area (Å²) in [6.45, 7) is 3.34. The third kappa shape index (κ3) is 4.18. The van der Waals surface area contributed by atoms with Crippen LogP contribution in [0.4, 0.5) is 18.9 Å². The average molecular weight is 345 g/mol. The fraction of sp³-hybridized carbons (Fsp3) is 0.500. The number of nitrogens with one attached hydrogen (secondary N) is 1. The SMILES string of the molecule is CC(C)Oc1cc(NC(=O)[C@@H]2CC[C@@H]2C(=O)O)cc(C(F)(F)F)c1. The molecule has 1 aromatic rings. The predicted molar refractivity (Wildman–Crippen MR) is 79.7 cm³/mol. The Morgan fingerprint density at radius 2 is 1.83 bits per heavy atom. The molecule has 8 heteroatoms. The summed E-state index contributed by atoms with van der Waals surface area (Å²) in [5.74, 6) is -3.20. The van der Waals surface area contributed by atoms with Crippen LogP contribution in [-0.4, -0.2) is 23.1 Å². The fourth-order valence-corrected chi connectivity index (χ4v) is 2.52. The number of alkyl halides is 3. The number of carboxylic acid groups (broad SMARTS) is 1. The van der Waals surface area contributed by atoms with Crippen LogP contribution in [0.15, 0.2) is 18.2 Å². The number of carbonyl (C=O) groups excluding carboxylic acids is 1. The van der Waals surface area contributed by atoms with Crippen molar-refractivity contribution in [2.75, 3.05) is 5.32 Å². The largest absolute Gasteiger partial charge is 0.491 e. The molecule has 0 aromatic heterocycles. The van der Waals surface area contributed by atoms with Gasteiger partial charge in [0.15, 0.2) is 0 Å². The highest BCUT2D eigenvalue weighted by atomic mass is 19.4. The molecule has 2 rings (SSSR count). The number of carboxylic acids is 1. The standard InChI is InChI=1S/C16H18F3NO4/c1-8(2)24-11-6-9(16(17,18)19)5-10(7-11)20-14(21)12-3-4-13(12)15(22)23/h5-8,12-13H,3-4H2,1-2H3,(H,20,21)(H,22,23)/t12-,13+/m1/s1. The van der Waals surface area contributed by atoms with Crippen molar-refractivity contribution < 1.29 is 32.6 Å². The first-order valence-electron chi connectivity index (χ1n) is 7.50. The number of halogens is 3. The van der Waals surface area contributed by atoms with Gasteiger partial charge in [-0.2, -0.15) is 13.2 Å². The number of benzene rings is 1. The van der Waals surface area contributed by atoms with Crippen molar-refractivity contribution in [2.45, 2.75) is 39.0 Å². The number of anilines is 1. The molecule has 2 atom stereocenters. The smallest absolute Gasteiger partial charge is 0.416 e. The molecule has 0 saturated heterocycles. The first-order chi connectivity index (χ1) is 11.1. The molecule has 0 aliphatic heterocycles. The molecule has 0 heterocycles. The quantitative estimate of drug-likeness (QED) is 0.856. The van der Waals surface area contributed by atoms with Crippen molar-refractivity contribution in [2.24, 2.45) is 11.8 Å². The van der Waals surface area contributed by atoms with Gasteiger partial charge in [-0.05, 0) is 38.8 Å². The van der Waals surface area contributed by atoms with E-state index in [0.717, 1.165) is 12.1 Å². The summed E-state index contributed by atoms with van der Waals surface area (Å²) in [5, 5.41) is 11.3. The minimum atomic E-state index is -4.59. The number of carbonyl (C=O) groups is 2. The molecule has 0 radical (unpaired) electrons. The lowest BCUT2D eigenvalue weighted by Crippen LogP contribution is -2.41. The third-order valence-electron chi connectivity index (χ3n) is 3.80. The number of aliphatic carboxylic acids is 1. The van der Waals surface area contributed by atoms with Crippen LogP contribution in [0, 0.1) is 11.8 Å². The van der Waals surface area contributed by atoms with E-state index < -0.39 is 35.5 Å². The zero-order valence-electron chi connectivity index (χ0n) is 13.2. The van der Waals surface area contributed by atoms with Gasteiger partial charge in [-0.3, -0.25) is 9.59 Å². The van der Waals surface area contributed by atoms with E-state index in [4.69, 9.17) is 9.84 Å². The fourth-order valence-electron chi connectivity index (χ4n) is 2.52. The lowest BCUT2D eigenvalue weighted by molar-refractivity contribution is -0.151. The van der Waals surface area contributed by atoms with Crippen molar-refractivity contribution in [3.05, 3.63) is 23.8 Å². The second-order valence-corrected chi connectivity index (χ2v) is 6.03. The topological polar surface area (TPSA) is 75.6 Å². The van der Waals surface area contributed by atoms with Crippen LogP contribution in [0.2, 0.25) is 0 Å². The second kappa shape index (κ2) is 6.70.